The van der Waals surface area contributed by atoms with Crippen molar-refractivity contribution in [2.75, 3.05) is 31.2 Å². The lowest BCUT2D eigenvalue weighted by atomic mass is 10.0. The predicted molar refractivity (Wildman–Crippen MR) is 114 cm³/mol. The van der Waals surface area contributed by atoms with Crippen LogP contribution < -0.4 is 10.6 Å². The minimum atomic E-state index is -0.437. The molecule has 6 heteroatoms. The highest BCUT2D eigenvalue weighted by molar-refractivity contribution is 6.30. The standard InChI is InChI=1S/C23H20ClN3O2/c24-16-3-1-2-14(10-16)21-13-20(23(25)28)19-12-15-11-17(27-6-8-29-9-7-27)4-5-18(15)22(19)26-21/h1-5,10-11,13H,6-9,12H2,(H2,25,28). The van der Waals surface area contributed by atoms with E-state index >= 15 is 0 Å². The zero-order chi connectivity index (χ0) is 20.0. The Morgan fingerprint density at radius 3 is 2.69 bits per heavy atom. The van der Waals surface area contributed by atoms with Crippen LogP contribution in [0.15, 0.2) is 48.5 Å². The van der Waals surface area contributed by atoms with E-state index in [2.05, 4.69) is 23.1 Å². The van der Waals surface area contributed by atoms with Crippen LogP contribution in [0.4, 0.5) is 5.69 Å². The molecule has 0 atom stereocenters. The maximum Gasteiger partial charge on any atom is 0.249 e. The molecule has 1 amide bonds. The Morgan fingerprint density at radius 1 is 1.10 bits per heavy atom. The Balaban J connectivity index is 1.61. The van der Waals surface area contributed by atoms with E-state index in [1.807, 2.05) is 24.3 Å². The normalized spacial score (nSPS) is 15.1. The molecule has 0 radical (unpaired) electrons. The Hall–Kier alpha value is -2.89. The third-order valence-electron chi connectivity index (χ3n) is 5.60. The molecular formula is C23H20ClN3O2. The molecule has 2 aliphatic rings. The number of aromatic nitrogens is 1. The molecule has 1 aromatic heterocycles. The fourth-order valence-electron chi connectivity index (χ4n) is 4.15. The molecule has 1 saturated heterocycles. The summed E-state index contributed by atoms with van der Waals surface area (Å²) in [5, 5.41) is 0.626. The van der Waals surface area contributed by atoms with Crippen molar-refractivity contribution in [2.45, 2.75) is 6.42 Å². The number of hydrogen-bond donors (Lipinski definition) is 1. The number of nitrogens with two attached hydrogens (primary N) is 1. The van der Waals surface area contributed by atoms with E-state index in [0.29, 0.717) is 22.7 Å². The summed E-state index contributed by atoms with van der Waals surface area (Å²) in [5.74, 6) is -0.437. The SMILES string of the molecule is NC(=O)c1cc(-c2cccc(Cl)c2)nc2c1Cc1cc(N3CCOCC3)ccc1-2. The van der Waals surface area contributed by atoms with Crippen LogP contribution in [0.5, 0.6) is 0 Å². The number of primary amides is 1. The lowest BCUT2D eigenvalue weighted by molar-refractivity contribution is 0.0999. The molecule has 0 bridgehead atoms. The first kappa shape index (κ1) is 18.2. The Morgan fingerprint density at radius 2 is 1.93 bits per heavy atom. The minimum Gasteiger partial charge on any atom is -0.378 e. The zero-order valence-electron chi connectivity index (χ0n) is 15.8. The number of pyridine rings is 1. The van der Waals surface area contributed by atoms with Crippen LogP contribution >= 0.6 is 11.6 Å². The van der Waals surface area contributed by atoms with Crippen molar-refractivity contribution in [3.63, 3.8) is 0 Å². The number of fused-ring (bicyclic) bond motifs is 3. The number of hydrogen-bond acceptors (Lipinski definition) is 4. The van der Waals surface area contributed by atoms with Gasteiger partial charge in [0.05, 0.1) is 24.6 Å². The number of ether oxygens (including phenoxy) is 1. The van der Waals surface area contributed by atoms with Gasteiger partial charge in [-0.3, -0.25) is 4.79 Å². The molecule has 1 aliphatic heterocycles. The van der Waals surface area contributed by atoms with E-state index in [-0.39, 0.29) is 0 Å². The highest BCUT2D eigenvalue weighted by atomic mass is 35.5. The van der Waals surface area contributed by atoms with Crippen LogP contribution in [0, 0.1) is 0 Å². The summed E-state index contributed by atoms with van der Waals surface area (Å²) < 4.78 is 5.46. The average Bonchev–Trinajstić information content (AvgIpc) is 3.11. The van der Waals surface area contributed by atoms with Crippen LogP contribution in [0.1, 0.15) is 21.5 Å². The van der Waals surface area contributed by atoms with Gasteiger partial charge in [-0.05, 0) is 41.5 Å². The third-order valence-corrected chi connectivity index (χ3v) is 5.83. The largest absolute Gasteiger partial charge is 0.378 e. The van der Waals surface area contributed by atoms with Gasteiger partial charge in [0.1, 0.15) is 0 Å². The number of nitrogens with zero attached hydrogens (tertiary/aromatic N) is 2. The summed E-state index contributed by atoms with van der Waals surface area (Å²) in [4.78, 5) is 19.4. The third kappa shape index (κ3) is 3.26. The summed E-state index contributed by atoms with van der Waals surface area (Å²) in [6, 6.07) is 15.7. The van der Waals surface area contributed by atoms with Gasteiger partial charge in [0.2, 0.25) is 5.91 Å². The van der Waals surface area contributed by atoms with Gasteiger partial charge in [-0.2, -0.15) is 0 Å². The smallest absolute Gasteiger partial charge is 0.249 e. The van der Waals surface area contributed by atoms with E-state index < -0.39 is 5.91 Å². The molecule has 5 rings (SSSR count). The van der Waals surface area contributed by atoms with Gasteiger partial charge in [-0.1, -0.05) is 29.8 Å². The quantitative estimate of drug-likeness (QED) is 0.561. The van der Waals surface area contributed by atoms with Gasteiger partial charge < -0.3 is 15.4 Å². The highest BCUT2D eigenvalue weighted by Gasteiger charge is 2.27. The minimum absolute atomic E-state index is 0.437. The zero-order valence-corrected chi connectivity index (χ0v) is 16.6. The van der Waals surface area contributed by atoms with Gasteiger partial charge in [0.15, 0.2) is 0 Å². The number of halogens is 1. The number of benzene rings is 2. The predicted octanol–water partition coefficient (Wildman–Crippen LogP) is 3.91. The number of amides is 1. The van der Waals surface area contributed by atoms with Gasteiger partial charge in [-0.15, -0.1) is 0 Å². The van der Waals surface area contributed by atoms with Crippen molar-refractivity contribution < 1.29 is 9.53 Å². The molecule has 2 N–H and O–H groups in total. The van der Waals surface area contributed by atoms with Gasteiger partial charge in [-0.25, -0.2) is 4.98 Å². The van der Waals surface area contributed by atoms with E-state index in [4.69, 9.17) is 27.1 Å². The van der Waals surface area contributed by atoms with Crippen molar-refractivity contribution in [3.05, 3.63) is 70.2 Å². The van der Waals surface area contributed by atoms with Crippen LogP contribution in [0.25, 0.3) is 22.5 Å². The van der Waals surface area contributed by atoms with Gasteiger partial charge in [0, 0.05) is 46.9 Å². The van der Waals surface area contributed by atoms with Crippen molar-refractivity contribution in [2.24, 2.45) is 5.73 Å². The van der Waals surface area contributed by atoms with Crippen LogP contribution in [-0.2, 0) is 11.2 Å². The summed E-state index contributed by atoms with van der Waals surface area (Å²) in [6.07, 6.45) is 0.657. The Labute approximate surface area is 174 Å². The monoisotopic (exact) mass is 405 g/mol. The molecule has 0 spiro atoms. The maximum atomic E-state index is 12.2. The van der Waals surface area contributed by atoms with E-state index in [1.165, 1.54) is 11.3 Å². The fraction of sp³-hybridized carbons (Fsp3) is 0.217. The first-order valence-corrected chi connectivity index (χ1v) is 10.0. The van der Waals surface area contributed by atoms with E-state index in [9.17, 15) is 4.79 Å². The van der Waals surface area contributed by atoms with Gasteiger partial charge in [0.25, 0.3) is 0 Å². The number of carbonyl (C=O) groups excluding carboxylic acids is 1. The summed E-state index contributed by atoms with van der Waals surface area (Å²) in [5.41, 5.74) is 13.0. The second kappa shape index (κ2) is 7.17. The first-order valence-electron chi connectivity index (χ1n) is 9.66. The van der Waals surface area contributed by atoms with Gasteiger partial charge >= 0.3 is 0 Å². The van der Waals surface area contributed by atoms with Crippen LogP contribution in [0.2, 0.25) is 5.02 Å². The summed E-state index contributed by atoms with van der Waals surface area (Å²) in [6.45, 7) is 3.26. The summed E-state index contributed by atoms with van der Waals surface area (Å²) in [7, 11) is 0. The fourth-order valence-corrected chi connectivity index (χ4v) is 4.35. The number of morpholine rings is 1. The lowest BCUT2D eigenvalue weighted by Gasteiger charge is -2.29. The molecular weight excluding hydrogens is 386 g/mol. The van der Waals surface area contributed by atoms with Crippen molar-refractivity contribution in [1.29, 1.82) is 0 Å². The molecule has 1 aliphatic carbocycles. The maximum absolute atomic E-state index is 12.2. The molecule has 2 heterocycles. The van der Waals surface area contributed by atoms with Crippen LogP contribution in [0.3, 0.4) is 0 Å². The topological polar surface area (TPSA) is 68.5 Å². The Kier molecular flexibility index (Phi) is 4.49. The highest BCUT2D eigenvalue weighted by Crippen LogP contribution is 2.40. The van der Waals surface area contributed by atoms with E-state index in [1.54, 1.807) is 6.07 Å². The molecule has 5 nitrogen and oxygen atoms in total. The molecule has 146 valence electrons. The number of carbonyl (C=O) groups is 1. The van der Waals surface area contributed by atoms with Crippen molar-refractivity contribution >= 4 is 23.2 Å². The Bertz CT molecular complexity index is 1120. The summed E-state index contributed by atoms with van der Waals surface area (Å²) >= 11 is 6.15. The molecule has 0 saturated carbocycles. The second-order valence-corrected chi connectivity index (χ2v) is 7.81. The molecule has 1 fully saturated rings. The average molecular weight is 406 g/mol. The molecule has 2 aromatic carbocycles. The lowest BCUT2D eigenvalue weighted by Crippen LogP contribution is -2.36. The number of rotatable bonds is 3. The van der Waals surface area contributed by atoms with Crippen LogP contribution in [-0.4, -0.2) is 37.2 Å². The molecule has 3 aromatic rings. The van der Waals surface area contributed by atoms with Crippen molar-refractivity contribution in [3.8, 4) is 22.5 Å². The number of anilines is 1. The molecule has 29 heavy (non-hydrogen) atoms. The second-order valence-electron chi connectivity index (χ2n) is 7.37. The molecule has 0 unspecified atom stereocenters. The first-order chi connectivity index (χ1) is 14.1. The van der Waals surface area contributed by atoms with Crippen molar-refractivity contribution in [1.82, 2.24) is 4.98 Å². The van der Waals surface area contributed by atoms with E-state index in [0.717, 1.165) is 48.7 Å².